The van der Waals surface area contributed by atoms with Crippen molar-refractivity contribution >= 4 is 10.9 Å². The Kier molecular flexibility index (Phi) is 4.43. The zero-order valence-electron chi connectivity index (χ0n) is 9.27. The van der Waals surface area contributed by atoms with Gasteiger partial charge >= 0.3 is 0 Å². The van der Waals surface area contributed by atoms with Crippen LogP contribution in [0.15, 0.2) is 30.5 Å². The second-order valence-electron chi connectivity index (χ2n) is 2.91. The largest absolute Gasteiger partial charge is 0.271 e. The number of fused-ring (bicyclic) bond motifs is 1. The number of rotatable bonds is 2. The van der Waals surface area contributed by atoms with Crippen LogP contribution in [0.4, 0.5) is 0 Å². The first-order chi connectivity index (χ1) is 7.40. The molecule has 78 valence electrons. The van der Waals surface area contributed by atoms with Crippen LogP contribution < -0.4 is 0 Å². The van der Waals surface area contributed by atoms with Gasteiger partial charge in [0.25, 0.3) is 0 Å². The Morgan fingerprint density at radius 3 is 2.73 bits per heavy atom. The normalized spacial score (nSPS) is 9.13. The third-order valence-electron chi connectivity index (χ3n) is 1.95. The molecule has 0 aliphatic rings. The summed E-state index contributed by atoms with van der Waals surface area (Å²) in [5.74, 6) is 2.60. The molecule has 0 N–H and O–H groups in total. The molecule has 2 nitrogen and oxygen atoms in total. The zero-order valence-corrected chi connectivity index (χ0v) is 9.27. The monoisotopic (exact) mass is 200 g/mol. The maximum absolute atomic E-state index is 5.18. The van der Waals surface area contributed by atoms with Crippen molar-refractivity contribution in [3.8, 4) is 12.3 Å². The van der Waals surface area contributed by atoms with Gasteiger partial charge in [-0.05, 0) is 6.07 Å². The van der Waals surface area contributed by atoms with Crippen LogP contribution in [0.2, 0.25) is 0 Å². The van der Waals surface area contributed by atoms with Crippen LogP contribution in [0.3, 0.4) is 0 Å². The molecule has 0 fully saturated rings. The summed E-state index contributed by atoms with van der Waals surface area (Å²) < 4.78 is 1.89. The van der Waals surface area contributed by atoms with Crippen molar-refractivity contribution in [2.45, 2.75) is 26.8 Å². The Hall–Kier alpha value is -1.75. The Morgan fingerprint density at radius 2 is 2.07 bits per heavy atom. The summed E-state index contributed by atoms with van der Waals surface area (Å²) in [5, 5.41) is 5.54. The van der Waals surface area contributed by atoms with E-state index < -0.39 is 0 Å². The van der Waals surface area contributed by atoms with Gasteiger partial charge in [-0.25, -0.2) is 0 Å². The van der Waals surface area contributed by atoms with E-state index >= 15 is 0 Å². The van der Waals surface area contributed by atoms with Crippen LogP contribution >= 0.6 is 0 Å². The van der Waals surface area contributed by atoms with Gasteiger partial charge in [-0.1, -0.05) is 32.0 Å². The molecular formula is C13H16N2. The van der Waals surface area contributed by atoms with E-state index in [1.54, 1.807) is 0 Å². The first kappa shape index (κ1) is 11.3. The van der Waals surface area contributed by atoms with E-state index in [2.05, 4.69) is 17.1 Å². The fourth-order valence-corrected chi connectivity index (χ4v) is 1.31. The Labute approximate surface area is 90.9 Å². The minimum Gasteiger partial charge on any atom is -0.271 e. The van der Waals surface area contributed by atoms with Crippen LogP contribution in [-0.4, -0.2) is 9.78 Å². The molecule has 0 atom stereocenters. The molecule has 1 aromatic heterocycles. The minimum absolute atomic E-state index is 0.730. The molecule has 0 unspecified atom stereocenters. The summed E-state index contributed by atoms with van der Waals surface area (Å²) in [4.78, 5) is 0. The second-order valence-corrected chi connectivity index (χ2v) is 2.91. The van der Waals surface area contributed by atoms with Gasteiger partial charge < -0.3 is 0 Å². The van der Waals surface area contributed by atoms with Gasteiger partial charge in [0, 0.05) is 18.0 Å². The average molecular weight is 200 g/mol. The van der Waals surface area contributed by atoms with Crippen LogP contribution in [0, 0.1) is 12.3 Å². The molecule has 0 bridgehead atoms. The molecule has 2 rings (SSSR count). The molecule has 1 aromatic carbocycles. The number of terminal acetylenes is 1. The molecule has 0 amide bonds. The number of nitrogens with zero attached hydrogens (tertiary/aromatic N) is 2. The summed E-state index contributed by atoms with van der Waals surface area (Å²) in [7, 11) is 0. The van der Waals surface area contributed by atoms with Crippen molar-refractivity contribution in [1.29, 1.82) is 0 Å². The highest BCUT2D eigenvalue weighted by Gasteiger charge is 1.97. The SMILES string of the molecule is C#CCCn1cc2ccccc2n1.CC. The first-order valence-electron chi connectivity index (χ1n) is 5.26. The van der Waals surface area contributed by atoms with Crippen molar-refractivity contribution < 1.29 is 0 Å². The Bertz CT molecular complexity index is 416. The molecule has 0 aliphatic heterocycles. The highest BCUT2D eigenvalue weighted by atomic mass is 15.3. The van der Waals surface area contributed by atoms with Gasteiger partial charge in [-0.15, -0.1) is 12.3 Å². The van der Waals surface area contributed by atoms with Crippen molar-refractivity contribution in [3.05, 3.63) is 30.5 Å². The van der Waals surface area contributed by atoms with E-state index in [0.717, 1.165) is 18.5 Å². The van der Waals surface area contributed by atoms with E-state index in [1.807, 2.05) is 42.9 Å². The highest BCUT2D eigenvalue weighted by Crippen LogP contribution is 2.10. The third-order valence-corrected chi connectivity index (χ3v) is 1.95. The quantitative estimate of drug-likeness (QED) is 0.681. The summed E-state index contributed by atoms with van der Waals surface area (Å²) >= 11 is 0. The summed E-state index contributed by atoms with van der Waals surface area (Å²) in [5.41, 5.74) is 1.03. The minimum atomic E-state index is 0.730. The van der Waals surface area contributed by atoms with E-state index in [1.165, 1.54) is 5.39 Å². The van der Waals surface area contributed by atoms with Gasteiger partial charge in [0.05, 0.1) is 12.1 Å². The van der Waals surface area contributed by atoms with Crippen LogP contribution in [0.5, 0.6) is 0 Å². The lowest BCUT2D eigenvalue weighted by Crippen LogP contribution is -1.96. The number of hydrogen-bond acceptors (Lipinski definition) is 1. The van der Waals surface area contributed by atoms with Crippen molar-refractivity contribution in [2.24, 2.45) is 0 Å². The number of hydrogen-bond donors (Lipinski definition) is 0. The van der Waals surface area contributed by atoms with Gasteiger partial charge in [-0.3, -0.25) is 4.68 Å². The lowest BCUT2D eigenvalue weighted by Gasteiger charge is -1.93. The maximum atomic E-state index is 5.18. The lowest BCUT2D eigenvalue weighted by atomic mass is 10.3. The summed E-state index contributed by atoms with van der Waals surface area (Å²) in [6.07, 6.45) is 7.93. The predicted molar refractivity (Wildman–Crippen MR) is 64.5 cm³/mol. The average Bonchev–Trinajstić information content (AvgIpc) is 2.71. The fraction of sp³-hybridized carbons (Fsp3) is 0.308. The van der Waals surface area contributed by atoms with Gasteiger partial charge in [0.15, 0.2) is 0 Å². The van der Waals surface area contributed by atoms with Crippen LogP contribution in [-0.2, 0) is 6.54 Å². The van der Waals surface area contributed by atoms with Crippen molar-refractivity contribution in [3.63, 3.8) is 0 Å². The van der Waals surface area contributed by atoms with Crippen molar-refractivity contribution in [2.75, 3.05) is 0 Å². The maximum Gasteiger partial charge on any atom is 0.0923 e. The predicted octanol–water partition coefficient (Wildman–Crippen LogP) is 3.09. The van der Waals surface area contributed by atoms with E-state index in [0.29, 0.717) is 0 Å². The van der Waals surface area contributed by atoms with E-state index in [4.69, 9.17) is 6.42 Å². The Morgan fingerprint density at radius 1 is 1.33 bits per heavy atom. The molecule has 0 radical (unpaired) electrons. The zero-order chi connectivity index (χ0) is 11.1. The molecule has 1 heterocycles. The molecule has 0 spiro atoms. The van der Waals surface area contributed by atoms with Gasteiger partial charge in [-0.2, -0.15) is 5.10 Å². The molecule has 0 saturated carbocycles. The molecule has 0 saturated heterocycles. The smallest absolute Gasteiger partial charge is 0.0923 e. The standard InChI is InChI=1S/C11H10N2.C2H6/c1-2-3-8-13-9-10-6-4-5-7-11(10)12-13;1-2/h1,4-7,9H,3,8H2;1-2H3. The summed E-state index contributed by atoms with van der Waals surface area (Å²) in [6.45, 7) is 4.80. The summed E-state index contributed by atoms with van der Waals surface area (Å²) in [6, 6.07) is 8.05. The molecule has 2 heteroatoms. The third kappa shape index (κ3) is 2.85. The Balaban J connectivity index is 0.000000531. The lowest BCUT2D eigenvalue weighted by molar-refractivity contribution is 0.637. The van der Waals surface area contributed by atoms with Crippen LogP contribution in [0.25, 0.3) is 10.9 Å². The van der Waals surface area contributed by atoms with Crippen molar-refractivity contribution in [1.82, 2.24) is 9.78 Å². The van der Waals surface area contributed by atoms with Gasteiger partial charge in [0.2, 0.25) is 0 Å². The van der Waals surface area contributed by atoms with Gasteiger partial charge in [0.1, 0.15) is 0 Å². The fourth-order valence-electron chi connectivity index (χ4n) is 1.31. The highest BCUT2D eigenvalue weighted by molar-refractivity contribution is 5.77. The molecular weight excluding hydrogens is 184 g/mol. The van der Waals surface area contributed by atoms with Crippen LogP contribution in [0.1, 0.15) is 20.3 Å². The second kappa shape index (κ2) is 5.87. The molecule has 2 aromatic rings. The topological polar surface area (TPSA) is 17.8 Å². The molecule has 0 aliphatic carbocycles. The number of benzene rings is 1. The van der Waals surface area contributed by atoms with E-state index in [-0.39, 0.29) is 0 Å². The number of aryl methyl sites for hydroxylation is 1. The first-order valence-corrected chi connectivity index (χ1v) is 5.26. The van der Waals surface area contributed by atoms with E-state index in [9.17, 15) is 0 Å². The number of aromatic nitrogens is 2. The molecule has 15 heavy (non-hydrogen) atoms.